The minimum absolute atomic E-state index is 0.611. The molecule has 1 aliphatic rings. The summed E-state index contributed by atoms with van der Waals surface area (Å²) in [6, 6.07) is 0. The van der Waals surface area contributed by atoms with Gasteiger partial charge in [0.25, 0.3) is 0 Å². The van der Waals surface area contributed by atoms with Gasteiger partial charge in [0, 0.05) is 0 Å². The van der Waals surface area contributed by atoms with Crippen LogP contribution in [-0.4, -0.2) is 77.9 Å². The van der Waals surface area contributed by atoms with E-state index in [1.54, 1.807) is 0 Å². The summed E-state index contributed by atoms with van der Waals surface area (Å²) in [6.45, 7) is 6.11. The van der Waals surface area contributed by atoms with Crippen LogP contribution >= 0.6 is 29.8 Å². The van der Waals surface area contributed by atoms with E-state index in [2.05, 4.69) is 0 Å². The fourth-order valence-corrected chi connectivity index (χ4v) is 1.10. The monoisotopic (exact) mass is 400 g/mol. The molecule has 0 amide bonds. The third kappa shape index (κ3) is 21.7. The van der Waals surface area contributed by atoms with E-state index in [1.165, 1.54) is 0 Å². The average Bonchev–Trinajstić information content (AvgIpc) is 2.36. The topological polar surface area (TPSA) is 46.2 Å². The first-order chi connectivity index (χ1) is 9.23. The van der Waals surface area contributed by atoms with E-state index in [9.17, 15) is 0 Å². The maximum absolute atomic E-state index is 5.28. The van der Waals surface area contributed by atoms with Crippen molar-refractivity contribution in [3.05, 3.63) is 0 Å². The van der Waals surface area contributed by atoms with E-state index in [-0.39, 0.29) is 0 Å². The van der Waals surface area contributed by atoms with Crippen LogP contribution in [0.3, 0.4) is 0 Å². The molecule has 0 unspecified atom stereocenters. The molecule has 0 saturated carbocycles. The first-order valence-corrected chi connectivity index (χ1v) is 13.3. The third-order valence-electron chi connectivity index (χ3n) is 1.86. The summed E-state index contributed by atoms with van der Waals surface area (Å²) in [7, 11) is 14.9. The SMILES string of the molecule is C1COCCOCCOCCOCCO1.Cl[As](Cl)Cl. The second kappa shape index (κ2) is 17.3. The number of ether oxygens (including phenoxy) is 5. The molecule has 5 nitrogen and oxygen atoms in total. The van der Waals surface area contributed by atoms with Crippen molar-refractivity contribution in [3.8, 4) is 0 Å². The predicted octanol–water partition coefficient (Wildman–Crippen LogP) is 1.77. The number of halogens is 3. The Bertz CT molecular complexity index is 118. The van der Waals surface area contributed by atoms with Crippen LogP contribution in [0.15, 0.2) is 0 Å². The van der Waals surface area contributed by atoms with Gasteiger partial charge in [-0.3, -0.25) is 0 Å². The molecule has 0 spiro atoms. The summed E-state index contributed by atoms with van der Waals surface area (Å²) in [5.74, 6) is 0. The van der Waals surface area contributed by atoms with Crippen molar-refractivity contribution in [3.63, 3.8) is 0 Å². The molecule has 1 aliphatic heterocycles. The van der Waals surface area contributed by atoms with Gasteiger partial charge in [-0.25, -0.2) is 0 Å². The molecule has 1 rings (SSSR count). The molecule has 0 aromatic carbocycles. The quantitative estimate of drug-likeness (QED) is 0.579. The van der Waals surface area contributed by atoms with Crippen LogP contribution in [0.5, 0.6) is 0 Å². The molecule has 0 aromatic heterocycles. The van der Waals surface area contributed by atoms with Gasteiger partial charge in [0.1, 0.15) is 0 Å². The molecule has 9 heteroatoms. The summed E-state index contributed by atoms with van der Waals surface area (Å²) in [5.41, 5.74) is 0. The normalized spacial score (nSPS) is 20.8. The van der Waals surface area contributed by atoms with E-state index < -0.39 is 11.8 Å². The second-order valence-electron chi connectivity index (χ2n) is 3.25. The van der Waals surface area contributed by atoms with Gasteiger partial charge in [-0.1, -0.05) is 0 Å². The van der Waals surface area contributed by atoms with Crippen molar-refractivity contribution in [2.45, 2.75) is 0 Å². The van der Waals surface area contributed by atoms with E-state index >= 15 is 0 Å². The summed E-state index contributed by atoms with van der Waals surface area (Å²) < 4.78 is 26.4. The van der Waals surface area contributed by atoms with Crippen molar-refractivity contribution in [2.75, 3.05) is 66.1 Å². The molecule has 0 atom stereocenters. The van der Waals surface area contributed by atoms with Crippen molar-refractivity contribution < 1.29 is 23.7 Å². The van der Waals surface area contributed by atoms with Gasteiger partial charge in [0.2, 0.25) is 0 Å². The first-order valence-electron chi connectivity index (χ1n) is 5.89. The molecule has 116 valence electrons. The molecule has 0 radical (unpaired) electrons. The molecular weight excluding hydrogens is 381 g/mol. The Morgan fingerprint density at radius 3 is 0.632 bits per heavy atom. The van der Waals surface area contributed by atoms with Crippen LogP contribution in [0, 0.1) is 0 Å². The van der Waals surface area contributed by atoms with Gasteiger partial charge in [-0.15, -0.1) is 0 Å². The number of rotatable bonds is 0. The predicted molar refractivity (Wildman–Crippen MR) is 77.4 cm³/mol. The zero-order chi connectivity index (χ0) is 14.2. The fourth-order valence-electron chi connectivity index (χ4n) is 1.10. The Kier molecular flexibility index (Phi) is 18.4. The van der Waals surface area contributed by atoms with Crippen LogP contribution < -0.4 is 0 Å². The maximum atomic E-state index is 5.28. The van der Waals surface area contributed by atoms with Gasteiger partial charge in [0.05, 0.1) is 66.1 Å². The van der Waals surface area contributed by atoms with Crippen LogP contribution in [0.1, 0.15) is 0 Å². The second-order valence-corrected chi connectivity index (χ2v) is 12.0. The molecule has 0 bridgehead atoms. The molecule has 1 heterocycles. The fraction of sp³-hybridized carbons (Fsp3) is 1.00. The Balaban J connectivity index is 0.000000711. The Labute approximate surface area is 131 Å². The van der Waals surface area contributed by atoms with Crippen molar-refractivity contribution in [1.82, 2.24) is 0 Å². The van der Waals surface area contributed by atoms with E-state index in [0.717, 1.165) is 0 Å². The van der Waals surface area contributed by atoms with Crippen molar-refractivity contribution >= 4 is 41.7 Å². The van der Waals surface area contributed by atoms with Gasteiger partial charge >= 0.3 is 41.7 Å². The Morgan fingerprint density at radius 1 is 0.421 bits per heavy atom. The van der Waals surface area contributed by atoms with Gasteiger partial charge in [-0.2, -0.15) is 0 Å². The first kappa shape index (κ1) is 20.2. The van der Waals surface area contributed by atoms with Crippen molar-refractivity contribution in [2.24, 2.45) is 0 Å². The van der Waals surface area contributed by atoms with Crippen LogP contribution in [0.4, 0.5) is 0 Å². The number of hydrogen-bond acceptors (Lipinski definition) is 5. The zero-order valence-electron chi connectivity index (χ0n) is 10.7. The van der Waals surface area contributed by atoms with Crippen LogP contribution in [-0.2, 0) is 23.7 Å². The Morgan fingerprint density at radius 2 is 0.526 bits per heavy atom. The third-order valence-corrected chi connectivity index (χ3v) is 1.86. The van der Waals surface area contributed by atoms with Crippen LogP contribution in [0.2, 0.25) is 0 Å². The van der Waals surface area contributed by atoms with Gasteiger partial charge in [-0.05, 0) is 0 Å². The van der Waals surface area contributed by atoms with E-state index in [1.807, 2.05) is 0 Å². The van der Waals surface area contributed by atoms with Crippen LogP contribution in [0.25, 0.3) is 0 Å². The molecule has 19 heavy (non-hydrogen) atoms. The molecule has 0 aromatic rings. The molecule has 1 saturated heterocycles. The van der Waals surface area contributed by atoms with E-state index in [0.29, 0.717) is 66.1 Å². The summed E-state index contributed by atoms with van der Waals surface area (Å²) in [5, 5.41) is 0. The Hall–Kier alpha value is 1.23. The van der Waals surface area contributed by atoms with E-state index in [4.69, 9.17) is 53.5 Å². The van der Waals surface area contributed by atoms with Gasteiger partial charge in [0.15, 0.2) is 0 Å². The summed E-state index contributed by atoms with van der Waals surface area (Å²) >= 11 is -1.77. The minimum atomic E-state index is -1.77. The number of hydrogen-bond donors (Lipinski definition) is 0. The molecule has 1 fully saturated rings. The summed E-state index contributed by atoms with van der Waals surface area (Å²) in [6.07, 6.45) is 0. The zero-order valence-corrected chi connectivity index (χ0v) is 14.8. The van der Waals surface area contributed by atoms with Gasteiger partial charge < -0.3 is 23.7 Å². The molecule has 0 N–H and O–H groups in total. The van der Waals surface area contributed by atoms with Crippen molar-refractivity contribution in [1.29, 1.82) is 0 Å². The molecular formula is C10H20AsCl3O5. The summed E-state index contributed by atoms with van der Waals surface area (Å²) in [4.78, 5) is 0. The molecule has 0 aliphatic carbocycles. The average molecular weight is 402 g/mol. The standard InChI is InChI=1S/C10H20O5.AsCl3/c1-2-12-5-6-14-9-10-15-8-7-13-4-3-11-1;2-1(3)4/h1-10H2;.